The number of hydrogen-bond acceptors (Lipinski definition) is 5. The van der Waals surface area contributed by atoms with Gasteiger partial charge in [0.25, 0.3) is 5.91 Å². The topological polar surface area (TPSA) is 63.2 Å². The highest BCUT2D eigenvalue weighted by molar-refractivity contribution is 7.12. The maximum absolute atomic E-state index is 12.0. The number of amides is 1. The van der Waals surface area contributed by atoms with Crippen LogP contribution in [0, 0.1) is 0 Å². The van der Waals surface area contributed by atoms with Gasteiger partial charge in [-0.2, -0.15) is 0 Å². The highest BCUT2D eigenvalue weighted by atomic mass is 32.1. The predicted molar refractivity (Wildman–Crippen MR) is 92.8 cm³/mol. The molecule has 0 radical (unpaired) electrons. The fraction of sp³-hybridized carbons (Fsp3) is 0.0588. The molecule has 0 aliphatic rings. The van der Waals surface area contributed by atoms with Crippen LogP contribution in [-0.4, -0.2) is 18.0 Å². The van der Waals surface area contributed by atoms with E-state index in [9.17, 15) is 4.79 Å². The van der Waals surface area contributed by atoms with Gasteiger partial charge in [-0.3, -0.25) is 4.79 Å². The molecule has 0 saturated carbocycles. The average Bonchev–Trinajstić information content (AvgIpc) is 3.12. The number of para-hydroxylation sites is 2. The van der Waals surface area contributed by atoms with Crippen molar-refractivity contribution < 1.29 is 9.53 Å². The molecule has 0 unspecified atom stereocenters. The van der Waals surface area contributed by atoms with E-state index < -0.39 is 0 Å². The zero-order chi connectivity index (χ0) is 16.1. The lowest BCUT2D eigenvalue weighted by Crippen LogP contribution is -2.11. The Kier molecular flexibility index (Phi) is 4.54. The summed E-state index contributed by atoms with van der Waals surface area (Å²) in [5.74, 6) is 1.11. The molecule has 1 amide bonds. The number of anilines is 3. The smallest absolute Gasteiger partial charge is 0.266 e. The summed E-state index contributed by atoms with van der Waals surface area (Å²) in [6, 6.07) is 14.9. The van der Waals surface area contributed by atoms with Gasteiger partial charge in [0, 0.05) is 0 Å². The van der Waals surface area contributed by atoms with Gasteiger partial charge in [-0.05, 0) is 35.7 Å². The molecule has 0 bridgehead atoms. The van der Waals surface area contributed by atoms with Gasteiger partial charge in [-0.15, -0.1) is 11.3 Å². The minimum atomic E-state index is -0.155. The molecule has 6 heteroatoms. The molecular formula is C17H15N3O2S. The number of carbonyl (C=O) groups excluding carboxylic acids is 1. The number of nitrogens with one attached hydrogen (secondary N) is 2. The number of ether oxygens (including phenoxy) is 1. The van der Waals surface area contributed by atoms with Crippen LogP contribution in [0.4, 0.5) is 17.2 Å². The van der Waals surface area contributed by atoms with Crippen molar-refractivity contribution in [2.24, 2.45) is 0 Å². The van der Waals surface area contributed by atoms with E-state index in [2.05, 4.69) is 15.6 Å². The Labute approximate surface area is 138 Å². The first-order valence-corrected chi connectivity index (χ1v) is 7.85. The monoisotopic (exact) mass is 325 g/mol. The molecule has 2 N–H and O–H groups in total. The number of rotatable bonds is 5. The maximum Gasteiger partial charge on any atom is 0.266 e. The van der Waals surface area contributed by atoms with E-state index in [1.54, 1.807) is 25.4 Å². The number of methoxy groups -OCH3 is 1. The largest absolute Gasteiger partial charge is 0.495 e. The summed E-state index contributed by atoms with van der Waals surface area (Å²) in [5, 5.41) is 7.86. The van der Waals surface area contributed by atoms with E-state index in [-0.39, 0.29) is 5.91 Å². The molecule has 5 nitrogen and oxygen atoms in total. The summed E-state index contributed by atoms with van der Waals surface area (Å²) in [7, 11) is 1.63. The second kappa shape index (κ2) is 6.93. The van der Waals surface area contributed by atoms with E-state index >= 15 is 0 Å². The van der Waals surface area contributed by atoms with Crippen LogP contribution >= 0.6 is 11.3 Å². The van der Waals surface area contributed by atoms with Crippen LogP contribution in [0.15, 0.2) is 60.1 Å². The normalized spacial score (nSPS) is 10.1. The number of nitrogens with zero attached hydrogens (tertiary/aromatic N) is 1. The van der Waals surface area contributed by atoms with E-state index in [1.165, 1.54) is 11.3 Å². The lowest BCUT2D eigenvalue weighted by atomic mass is 10.3. The molecule has 3 aromatic rings. The van der Waals surface area contributed by atoms with Crippen LogP contribution in [-0.2, 0) is 0 Å². The molecule has 3 rings (SSSR count). The molecule has 0 fully saturated rings. The fourth-order valence-corrected chi connectivity index (χ4v) is 2.65. The van der Waals surface area contributed by atoms with Crippen molar-refractivity contribution in [1.29, 1.82) is 0 Å². The number of pyridine rings is 1. The number of aromatic nitrogens is 1. The Balaban J connectivity index is 1.68. The molecule has 1 aromatic carbocycles. The zero-order valence-corrected chi connectivity index (χ0v) is 13.3. The highest BCUT2D eigenvalue weighted by Crippen LogP contribution is 2.26. The van der Waals surface area contributed by atoms with Gasteiger partial charge in [-0.1, -0.05) is 18.2 Å². The Hall–Kier alpha value is -2.86. The summed E-state index contributed by atoms with van der Waals surface area (Å²) in [4.78, 5) is 16.9. The van der Waals surface area contributed by atoms with Crippen molar-refractivity contribution in [3.05, 3.63) is 65.0 Å². The first-order valence-electron chi connectivity index (χ1n) is 6.97. The molecule has 0 spiro atoms. The third-order valence-electron chi connectivity index (χ3n) is 3.14. The quantitative estimate of drug-likeness (QED) is 0.740. The van der Waals surface area contributed by atoms with Gasteiger partial charge in [-0.25, -0.2) is 4.98 Å². The lowest BCUT2D eigenvalue weighted by Gasteiger charge is -2.11. The predicted octanol–water partition coefficient (Wildman–Crippen LogP) is 4.15. The summed E-state index contributed by atoms with van der Waals surface area (Å²) in [6.07, 6.45) is 1.66. The number of carbonyl (C=O) groups is 1. The van der Waals surface area contributed by atoms with Crippen molar-refractivity contribution in [2.75, 3.05) is 17.7 Å². The van der Waals surface area contributed by atoms with Crippen molar-refractivity contribution in [1.82, 2.24) is 4.98 Å². The summed E-state index contributed by atoms with van der Waals surface area (Å²) in [6.45, 7) is 0. The van der Waals surface area contributed by atoms with Gasteiger partial charge in [0.15, 0.2) is 0 Å². The van der Waals surface area contributed by atoms with Gasteiger partial charge in [0.2, 0.25) is 0 Å². The maximum atomic E-state index is 12.0. The molecular weight excluding hydrogens is 310 g/mol. The van der Waals surface area contributed by atoms with E-state index in [0.717, 1.165) is 17.1 Å². The second-order valence-corrected chi connectivity index (χ2v) is 5.64. The van der Waals surface area contributed by atoms with Crippen LogP contribution < -0.4 is 15.4 Å². The van der Waals surface area contributed by atoms with Crippen LogP contribution in [0.1, 0.15) is 9.67 Å². The number of benzene rings is 1. The zero-order valence-electron chi connectivity index (χ0n) is 12.4. The third-order valence-corrected chi connectivity index (χ3v) is 4.00. The first-order chi connectivity index (χ1) is 11.3. The molecule has 0 saturated heterocycles. The van der Waals surface area contributed by atoms with Crippen LogP contribution in [0.25, 0.3) is 0 Å². The Bertz CT molecular complexity index is 786. The number of thiophene rings is 1. The standard InChI is InChI=1S/C17H15N3O2S/c1-22-14-6-3-2-5-13(14)19-12-8-9-16(18-11-12)20-17(21)15-7-4-10-23-15/h2-11,19H,1H3,(H,18,20,21). The minimum absolute atomic E-state index is 0.155. The Morgan fingerprint density at radius 3 is 2.70 bits per heavy atom. The van der Waals surface area contributed by atoms with E-state index in [4.69, 9.17) is 4.74 Å². The van der Waals surface area contributed by atoms with Gasteiger partial charge < -0.3 is 15.4 Å². The summed E-state index contributed by atoms with van der Waals surface area (Å²) >= 11 is 1.39. The number of hydrogen-bond donors (Lipinski definition) is 2. The Morgan fingerprint density at radius 2 is 2.00 bits per heavy atom. The fourth-order valence-electron chi connectivity index (χ4n) is 2.03. The van der Waals surface area contributed by atoms with Crippen molar-refractivity contribution in [2.45, 2.75) is 0 Å². The van der Waals surface area contributed by atoms with Crippen LogP contribution in [0.3, 0.4) is 0 Å². The minimum Gasteiger partial charge on any atom is -0.495 e. The van der Waals surface area contributed by atoms with E-state index in [0.29, 0.717) is 10.7 Å². The SMILES string of the molecule is COc1ccccc1Nc1ccc(NC(=O)c2cccs2)nc1. The average molecular weight is 325 g/mol. The molecule has 2 heterocycles. The van der Waals surface area contributed by atoms with Crippen molar-refractivity contribution in [3.8, 4) is 5.75 Å². The molecule has 23 heavy (non-hydrogen) atoms. The van der Waals surface area contributed by atoms with Crippen LogP contribution in [0.2, 0.25) is 0 Å². The van der Waals surface area contributed by atoms with Crippen molar-refractivity contribution >= 4 is 34.4 Å². The molecule has 0 aliphatic heterocycles. The summed E-state index contributed by atoms with van der Waals surface area (Å²) < 4.78 is 5.30. The van der Waals surface area contributed by atoms with E-state index in [1.807, 2.05) is 41.8 Å². The van der Waals surface area contributed by atoms with Gasteiger partial charge in [0.1, 0.15) is 11.6 Å². The van der Waals surface area contributed by atoms with Crippen molar-refractivity contribution in [3.63, 3.8) is 0 Å². The van der Waals surface area contributed by atoms with Gasteiger partial charge >= 0.3 is 0 Å². The highest BCUT2D eigenvalue weighted by Gasteiger charge is 2.08. The van der Waals surface area contributed by atoms with Crippen LogP contribution in [0.5, 0.6) is 5.75 Å². The second-order valence-electron chi connectivity index (χ2n) is 4.69. The molecule has 0 aliphatic carbocycles. The molecule has 2 aromatic heterocycles. The lowest BCUT2D eigenvalue weighted by molar-refractivity contribution is 0.103. The molecule has 116 valence electrons. The molecule has 0 atom stereocenters. The third kappa shape index (κ3) is 3.67. The van der Waals surface area contributed by atoms with Gasteiger partial charge in [0.05, 0.1) is 29.6 Å². The first kappa shape index (κ1) is 15.1. The summed E-state index contributed by atoms with van der Waals surface area (Å²) in [5.41, 5.74) is 1.66. The Morgan fingerprint density at radius 1 is 1.13 bits per heavy atom.